The van der Waals surface area contributed by atoms with Gasteiger partial charge in [0.2, 0.25) is 0 Å². The van der Waals surface area contributed by atoms with E-state index in [1.165, 1.54) is 101 Å². The molecule has 1 aliphatic rings. The lowest BCUT2D eigenvalue weighted by Gasteiger charge is -2.28. The molecule has 1 aliphatic carbocycles. The summed E-state index contributed by atoms with van der Waals surface area (Å²) in [6, 6.07) is 12.9. The van der Waals surface area contributed by atoms with Crippen LogP contribution in [0.5, 0.6) is 5.75 Å². The third-order valence-electron chi connectivity index (χ3n) is 7.46. The summed E-state index contributed by atoms with van der Waals surface area (Å²) < 4.78 is 6.14. The minimum atomic E-state index is 0.730. The second-order valence-corrected chi connectivity index (χ2v) is 10.3. The number of aromatic nitrogens is 1. The van der Waals surface area contributed by atoms with Crippen LogP contribution >= 0.6 is 0 Å². The van der Waals surface area contributed by atoms with Gasteiger partial charge >= 0.3 is 0 Å². The molecule has 1 aromatic carbocycles. The first-order valence-corrected chi connectivity index (χ1v) is 14.0. The predicted molar refractivity (Wildman–Crippen MR) is 142 cm³/mol. The number of aryl methyl sites for hydroxylation is 1. The fraction of sp³-hybridized carbons (Fsp3) is 0.645. The van der Waals surface area contributed by atoms with Gasteiger partial charge in [-0.25, -0.2) is 0 Å². The van der Waals surface area contributed by atoms with Gasteiger partial charge in [0.15, 0.2) is 0 Å². The molecule has 2 nitrogen and oxygen atoms in total. The Bertz CT molecular complexity index is 743. The number of pyridine rings is 1. The average molecular weight is 450 g/mol. The Balaban J connectivity index is 1.35. The molecular formula is C31H47NO. The molecule has 0 bridgehead atoms. The van der Waals surface area contributed by atoms with Gasteiger partial charge in [0.05, 0.1) is 12.3 Å². The number of rotatable bonds is 15. The molecule has 0 radical (unpaired) electrons. The molecule has 0 amide bonds. The molecule has 1 fully saturated rings. The first-order valence-electron chi connectivity index (χ1n) is 14.0. The van der Waals surface area contributed by atoms with Crippen molar-refractivity contribution < 1.29 is 4.74 Å². The Morgan fingerprint density at radius 2 is 1.39 bits per heavy atom. The maximum atomic E-state index is 6.14. The number of hydrogen-bond donors (Lipinski definition) is 0. The second-order valence-electron chi connectivity index (χ2n) is 10.3. The second kappa shape index (κ2) is 15.1. The molecule has 2 aromatic rings. The average Bonchev–Trinajstić information content (AvgIpc) is 2.87. The molecule has 0 spiro atoms. The zero-order valence-electron chi connectivity index (χ0n) is 21.4. The van der Waals surface area contributed by atoms with Crippen LogP contribution in [0.2, 0.25) is 0 Å². The van der Waals surface area contributed by atoms with E-state index in [2.05, 4.69) is 56.4 Å². The van der Waals surface area contributed by atoms with Crippen LogP contribution in [0.3, 0.4) is 0 Å². The maximum Gasteiger partial charge on any atom is 0.119 e. The summed E-state index contributed by atoms with van der Waals surface area (Å²) >= 11 is 0. The van der Waals surface area contributed by atoms with E-state index in [4.69, 9.17) is 9.72 Å². The smallest absolute Gasteiger partial charge is 0.119 e. The van der Waals surface area contributed by atoms with Crippen LogP contribution in [-0.4, -0.2) is 11.6 Å². The molecule has 1 saturated carbocycles. The Kier molecular flexibility index (Phi) is 11.8. The molecular weight excluding hydrogens is 402 g/mol. The highest BCUT2D eigenvalue weighted by molar-refractivity contribution is 5.60. The highest BCUT2D eigenvalue weighted by atomic mass is 16.5. The van der Waals surface area contributed by atoms with Crippen molar-refractivity contribution in [2.75, 3.05) is 6.61 Å². The topological polar surface area (TPSA) is 22.1 Å². The molecule has 0 atom stereocenters. The Morgan fingerprint density at radius 3 is 2.06 bits per heavy atom. The summed E-state index contributed by atoms with van der Waals surface area (Å²) in [6.45, 7) is 5.44. The Labute approximate surface area is 203 Å². The summed E-state index contributed by atoms with van der Waals surface area (Å²) in [4.78, 5) is 4.72. The van der Waals surface area contributed by atoms with Crippen molar-refractivity contribution in [2.45, 2.75) is 110 Å². The fourth-order valence-electron chi connectivity index (χ4n) is 5.14. The summed E-state index contributed by atoms with van der Waals surface area (Å²) in [5.74, 6) is 2.69. The molecule has 33 heavy (non-hydrogen) atoms. The van der Waals surface area contributed by atoms with Crippen LogP contribution in [-0.2, 0) is 6.42 Å². The molecule has 0 aliphatic heterocycles. The van der Waals surface area contributed by atoms with Gasteiger partial charge in [-0.2, -0.15) is 0 Å². The van der Waals surface area contributed by atoms with E-state index in [1.54, 1.807) is 0 Å². The van der Waals surface area contributed by atoms with E-state index in [9.17, 15) is 0 Å². The molecule has 1 heterocycles. The minimum absolute atomic E-state index is 0.730. The molecule has 2 heteroatoms. The van der Waals surface area contributed by atoms with E-state index in [0.717, 1.165) is 36.3 Å². The van der Waals surface area contributed by atoms with Gasteiger partial charge in [0, 0.05) is 11.8 Å². The van der Waals surface area contributed by atoms with Gasteiger partial charge < -0.3 is 4.74 Å². The van der Waals surface area contributed by atoms with E-state index in [-0.39, 0.29) is 0 Å². The standard InChI is InChI=1S/C31H47NO/c1-3-5-7-8-9-10-11-13-27-18-23-31(32-24-27)29-19-21-30(22-20-29)33-25-28-16-14-26(15-17-28)12-6-4-2/h18-24,26,28H,3-17,25H2,1-2H3/t26-,28-. The van der Waals surface area contributed by atoms with Crippen molar-refractivity contribution >= 4 is 0 Å². The molecule has 3 rings (SSSR count). The molecule has 182 valence electrons. The molecule has 0 saturated heterocycles. The summed E-state index contributed by atoms with van der Waals surface area (Å²) in [7, 11) is 0. The van der Waals surface area contributed by atoms with Crippen molar-refractivity contribution in [3.63, 3.8) is 0 Å². The lowest BCUT2D eigenvalue weighted by atomic mass is 9.80. The van der Waals surface area contributed by atoms with Crippen LogP contribution in [0, 0.1) is 11.8 Å². The lowest BCUT2D eigenvalue weighted by molar-refractivity contribution is 0.178. The highest BCUT2D eigenvalue weighted by Crippen LogP contribution is 2.32. The van der Waals surface area contributed by atoms with Crippen LogP contribution < -0.4 is 4.74 Å². The van der Waals surface area contributed by atoms with Crippen LogP contribution in [0.4, 0.5) is 0 Å². The van der Waals surface area contributed by atoms with Crippen molar-refractivity contribution in [3.05, 3.63) is 48.2 Å². The summed E-state index contributed by atoms with van der Waals surface area (Å²) in [5.41, 5.74) is 3.58. The first-order chi connectivity index (χ1) is 16.3. The van der Waals surface area contributed by atoms with Gasteiger partial charge in [-0.1, -0.05) is 90.5 Å². The van der Waals surface area contributed by atoms with Crippen molar-refractivity contribution in [2.24, 2.45) is 11.8 Å². The number of benzene rings is 1. The van der Waals surface area contributed by atoms with Gasteiger partial charge in [-0.15, -0.1) is 0 Å². The summed E-state index contributed by atoms with van der Waals surface area (Å²) in [5, 5.41) is 0. The van der Waals surface area contributed by atoms with Crippen LogP contribution in [0.1, 0.15) is 109 Å². The third kappa shape index (κ3) is 9.51. The van der Waals surface area contributed by atoms with Gasteiger partial charge in [0.25, 0.3) is 0 Å². The Hall–Kier alpha value is -1.83. The lowest BCUT2D eigenvalue weighted by Crippen LogP contribution is -2.20. The minimum Gasteiger partial charge on any atom is -0.493 e. The van der Waals surface area contributed by atoms with Crippen LogP contribution in [0.25, 0.3) is 11.3 Å². The van der Waals surface area contributed by atoms with Crippen LogP contribution in [0.15, 0.2) is 42.6 Å². The number of unbranched alkanes of at least 4 members (excludes halogenated alkanes) is 7. The number of nitrogens with zero attached hydrogens (tertiary/aromatic N) is 1. The van der Waals surface area contributed by atoms with Gasteiger partial charge in [0.1, 0.15) is 5.75 Å². The normalized spacial score (nSPS) is 18.4. The largest absolute Gasteiger partial charge is 0.493 e. The van der Waals surface area contributed by atoms with E-state index in [1.807, 2.05) is 0 Å². The van der Waals surface area contributed by atoms with E-state index in [0.29, 0.717) is 0 Å². The monoisotopic (exact) mass is 449 g/mol. The summed E-state index contributed by atoms with van der Waals surface area (Å²) in [6.07, 6.45) is 22.3. The molecule has 0 N–H and O–H groups in total. The zero-order valence-corrected chi connectivity index (χ0v) is 21.4. The Morgan fingerprint density at radius 1 is 0.727 bits per heavy atom. The molecule has 1 aromatic heterocycles. The SMILES string of the molecule is CCCCCCCCCc1ccc(-c2ccc(OC[C@H]3CC[C@H](CCCC)CC3)cc2)nc1. The van der Waals surface area contributed by atoms with E-state index < -0.39 is 0 Å². The van der Waals surface area contributed by atoms with Gasteiger partial charge in [-0.3, -0.25) is 4.98 Å². The first kappa shape index (κ1) is 25.8. The fourth-order valence-corrected chi connectivity index (χ4v) is 5.14. The zero-order chi connectivity index (χ0) is 23.1. The van der Waals surface area contributed by atoms with Gasteiger partial charge in [-0.05, 0) is 73.4 Å². The van der Waals surface area contributed by atoms with Crippen molar-refractivity contribution in [3.8, 4) is 17.0 Å². The highest BCUT2D eigenvalue weighted by Gasteiger charge is 2.21. The molecule has 0 unspecified atom stereocenters. The van der Waals surface area contributed by atoms with Crippen molar-refractivity contribution in [1.29, 1.82) is 0 Å². The number of hydrogen-bond acceptors (Lipinski definition) is 2. The van der Waals surface area contributed by atoms with E-state index >= 15 is 0 Å². The number of ether oxygens (including phenoxy) is 1. The predicted octanol–water partition coefficient (Wildman–Crippen LogP) is 9.42. The van der Waals surface area contributed by atoms with Crippen molar-refractivity contribution in [1.82, 2.24) is 4.98 Å². The quantitative estimate of drug-likeness (QED) is 0.253. The third-order valence-corrected chi connectivity index (χ3v) is 7.46. The maximum absolute atomic E-state index is 6.14.